The zero-order valence-corrected chi connectivity index (χ0v) is 13.9. The zero-order valence-electron chi connectivity index (χ0n) is 13.1. The Bertz CT molecular complexity index is 628. The van der Waals surface area contributed by atoms with Crippen molar-refractivity contribution in [3.8, 4) is 5.88 Å². The summed E-state index contributed by atoms with van der Waals surface area (Å²) in [5.74, 6) is 0.579. The van der Waals surface area contributed by atoms with E-state index < -0.39 is 0 Å². The van der Waals surface area contributed by atoms with E-state index in [-0.39, 0.29) is 6.04 Å². The summed E-state index contributed by atoms with van der Waals surface area (Å²) in [6, 6.07) is 12.2. The van der Waals surface area contributed by atoms with Crippen molar-refractivity contribution in [2.45, 2.75) is 26.3 Å². The Morgan fingerprint density at radius 2 is 2.05 bits per heavy atom. The van der Waals surface area contributed by atoms with Crippen LogP contribution in [0.3, 0.4) is 0 Å². The van der Waals surface area contributed by atoms with Crippen LogP contribution in [-0.2, 0) is 0 Å². The number of hydrogen-bond donors (Lipinski definition) is 2. The Balaban J connectivity index is 2.01. The van der Waals surface area contributed by atoms with Crippen LogP contribution in [0.25, 0.3) is 0 Å². The minimum Gasteiger partial charge on any atom is -0.481 e. The number of ether oxygens (including phenoxy) is 1. The molecule has 1 heterocycles. The molecule has 0 aliphatic carbocycles. The first-order valence-corrected chi connectivity index (χ1v) is 7.68. The molecule has 22 heavy (non-hydrogen) atoms. The molecule has 0 saturated heterocycles. The molecule has 4 nitrogen and oxygen atoms in total. The van der Waals surface area contributed by atoms with E-state index in [9.17, 15) is 0 Å². The van der Waals surface area contributed by atoms with Crippen LogP contribution in [0.4, 0.5) is 5.69 Å². The van der Waals surface area contributed by atoms with Gasteiger partial charge in [-0.3, -0.25) is 0 Å². The number of nitrogens with zero attached hydrogens (tertiary/aromatic N) is 1. The van der Waals surface area contributed by atoms with Gasteiger partial charge in [-0.1, -0.05) is 31.2 Å². The van der Waals surface area contributed by atoms with Gasteiger partial charge < -0.3 is 15.4 Å². The van der Waals surface area contributed by atoms with E-state index >= 15 is 0 Å². The van der Waals surface area contributed by atoms with Crippen LogP contribution in [-0.4, -0.2) is 17.2 Å². The van der Waals surface area contributed by atoms with Crippen LogP contribution >= 0.6 is 12.2 Å². The van der Waals surface area contributed by atoms with Crippen molar-refractivity contribution in [1.29, 1.82) is 0 Å². The maximum Gasteiger partial charge on any atom is 0.213 e. The molecule has 0 spiro atoms. The monoisotopic (exact) mass is 315 g/mol. The number of rotatable bonds is 5. The Morgan fingerprint density at radius 3 is 2.64 bits per heavy atom. The third kappa shape index (κ3) is 4.18. The molecular formula is C17H21N3OS. The summed E-state index contributed by atoms with van der Waals surface area (Å²) < 4.78 is 5.04. The summed E-state index contributed by atoms with van der Waals surface area (Å²) in [4.78, 5) is 4.15. The number of anilines is 1. The van der Waals surface area contributed by atoms with E-state index in [1.54, 1.807) is 19.4 Å². The molecule has 116 valence electrons. The SMILES string of the molecule is CCC(NC(=S)Nc1ccc(OC)nc1)c1ccccc1C. The minimum atomic E-state index is 0.187. The van der Waals surface area contributed by atoms with Gasteiger partial charge in [-0.05, 0) is 42.8 Å². The molecule has 0 aliphatic heterocycles. The van der Waals surface area contributed by atoms with Crippen molar-refractivity contribution >= 4 is 23.0 Å². The van der Waals surface area contributed by atoms with Gasteiger partial charge in [0.25, 0.3) is 0 Å². The van der Waals surface area contributed by atoms with Crippen molar-refractivity contribution in [3.05, 3.63) is 53.7 Å². The van der Waals surface area contributed by atoms with Crippen molar-refractivity contribution in [3.63, 3.8) is 0 Å². The largest absolute Gasteiger partial charge is 0.481 e. The van der Waals surface area contributed by atoms with Gasteiger partial charge in [0, 0.05) is 6.07 Å². The van der Waals surface area contributed by atoms with E-state index in [1.807, 2.05) is 12.1 Å². The number of methoxy groups -OCH3 is 1. The molecule has 1 unspecified atom stereocenters. The van der Waals surface area contributed by atoms with E-state index in [0.717, 1.165) is 12.1 Å². The fourth-order valence-corrected chi connectivity index (χ4v) is 2.54. The molecule has 0 radical (unpaired) electrons. The summed E-state index contributed by atoms with van der Waals surface area (Å²) in [6.07, 6.45) is 2.65. The summed E-state index contributed by atoms with van der Waals surface area (Å²) in [5.41, 5.74) is 3.36. The smallest absolute Gasteiger partial charge is 0.213 e. The molecule has 0 amide bonds. The average molecular weight is 315 g/mol. The number of aryl methyl sites for hydroxylation is 1. The van der Waals surface area contributed by atoms with Gasteiger partial charge in [-0.25, -0.2) is 4.98 Å². The van der Waals surface area contributed by atoms with Crippen LogP contribution in [0.1, 0.15) is 30.5 Å². The second-order valence-corrected chi connectivity index (χ2v) is 5.41. The molecule has 0 saturated carbocycles. The Hall–Kier alpha value is -2.14. The van der Waals surface area contributed by atoms with Crippen molar-refractivity contribution in [1.82, 2.24) is 10.3 Å². The Labute approximate surface area is 136 Å². The van der Waals surface area contributed by atoms with Gasteiger partial charge in [0.2, 0.25) is 5.88 Å². The number of pyridine rings is 1. The van der Waals surface area contributed by atoms with Crippen LogP contribution in [0.15, 0.2) is 42.6 Å². The molecule has 1 atom stereocenters. The molecule has 2 rings (SSSR count). The highest BCUT2D eigenvalue weighted by Gasteiger charge is 2.12. The van der Waals surface area contributed by atoms with E-state index in [1.165, 1.54) is 11.1 Å². The third-order valence-corrected chi connectivity index (χ3v) is 3.70. The maximum absolute atomic E-state index is 5.40. The maximum atomic E-state index is 5.40. The molecule has 0 fully saturated rings. The summed E-state index contributed by atoms with van der Waals surface area (Å²) in [7, 11) is 1.59. The lowest BCUT2D eigenvalue weighted by atomic mass is 10.00. The first-order chi connectivity index (χ1) is 10.6. The first-order valence-electron chi connectivity index (χ1n) is 7.27. The second-order valence-electron chi connectivity index (χ2n) is 5.01. The predicted molar refractivity (Wildman–Crippen MR) is 94.4 cm³/mol. The number of nitrogens with one attached hydrogen (secondary N) is 2. The predicted octanol–water partition coefficient (Wildman–Crippen LogP) is 3.84. The van der Waals surface area contributed by atoms with Gasteiger partial charge in [0.05, 0.1) is 25.0 Å². The van der Waals surface area contributed by atoms with Gasteiger partial charge in [-0.2, -0.15) is 0 Å². The minimum absolute atomic E-state index is 0.187. The molecular weight excluding hydrogens is 294 g/mol. The van der Waals surface area contributed by atoms with Crippen LogP contribution in [0.5, 0.6) is 5.88 Å². The number of hydrogen-bond acceptors (Lipinski definition) is 3. The number of benzene rings is 1. The Kier molecular flexibility index (Phi) is 5.72. The van der Waals surface area contributed by atoms with E-state index in [2.05, 4.69) is 47.7 Å². The molecule has 5 heteroatoms. The van der Waals surface area contributed by atoms with Crippen LogP contribution < -0.4 is 15.4 Å². The van der Waals surface area contributed by atoms with Crippen LogP contribution in [0, 0.1) is 6.92 Å². The molecule has 1 aromatic carbocycles. The lowest BCUT2D eigenvalue weighted by Crippen LogP contribution is -2.32. The molecule has 2 aromatic rings. The lowest BCUT2D eigenvalue weighted by molar-refractivity contribution is 0.398. The van der Waals surface area contributed by atoms with Crippen molar-refractivity contribution in [2.75, 3.05) is 12.4 Å². The van der Waals surface area contributed by atoms with Gasteiger partial charge in [-0.15, -0.1) is 0 Å². The fourth-order valence-electron chi connectivity index (χ4n) is 2.28. The summed E-state index contributed by atoms with van der Waals surface area (Å²) >= 11 is 5.40. The van der Waals surface area contributed by atoms with Gasteiger partial charge in [0.1, 0.15) is 0 Å². The average Bonchev–Trinajstić information content (AvgIpc) is 2.54. The summed E-state index contributed by atoms with van der Waals surface area (Å²) in [6.45, 7) is 4.26. The van der Waals surface area contributed by atoms with E-state index in [0.29, 0.717) is 11.0 Å². The molecule has 1 aromatic heterocycles. The summed E-state index contributed by atoms with van der Waals surface area (Å²) in [5, 5.41) is 7.10. The number of aromatic nitrogens is 1. The number of thiocarbonyl (C=S) groups is 1. The topological polar surface area (TPSA) is 46.2 Å². The Morgan fingerprint density at radius 1 is 1.27 bits per heavy atom. The standard InChI is InChI=1S/C17H21N3OS/c1-4-15(14-8-6-5-7-12(14)2)20-17(22)19-13-9-10-16(21-3)18-11-13/h5-11,15H,4H2,1-3H3,(H2,19,20,22). The highest BCUT2D eigenvalue weighted by atomic mass is 32.1. The molecule has 0 bridgehead atoms. The highest BCUT2D eigenvalue weighted by Crippen LogP contribution is 2.20. The van der Waals surface area contributed by atoms with Gasteiger partial charge >= 0.3 is 0 Å². The van der Waals surface area contributed by atoms with Gasteiger partial charge in [0.15, 0.2) is 5.11 Å². The van der Waals surface area contributed by atoms with E-state index in [4.69, 9.17) is 17.0 Å². The zero-order chi connectivity index (χ0) is 15.9. The quantitative estimate of drug-likeness (QED) is 0.821. The van der Waals surface area contributed by atoms with Crippen molar-refractivity contribution in [2.24, 2.45) is 0 Å². The second kappa shape index (κ2) is 7.75. The lowest BCUT2D eigenvalue weighted by Gasteiger charge is -2.21. The highest BCUT2D eigenvalue weighted by molar-refractivity contribution is 7.80. The first kappa shape index (κ1) is 16.2. The molecule has 0 aliphatic rings. The normalized spacial score (nSPS) is 11.6. The van der Waals surface area contributed by atoms with Crippen LogP contribution in [0.2, 0.25) is 0 Å². The molecule has 2 N–H and O–H groups in total. The third-order valence-electron chi connectivity index (χ3n) is 3.48. The fraction of sp³-hybridized carbons (Fsp3) is 0.294. The van der Waals surface area contributed by atoms with Crippen molar-refractivity contribution < 1.29 is 4.74 Å².